The van der Waals surface area contributed by atoms with Crippen molar-refractivity contribution < 1.29 is 14.6 Å². The number of aliphatic carboxylic acids is 1. The first-order valence-corrected chi connectivity index (χ1v) is 4.62. The second-order valence-corrected chi connectivity index (χ2v) is 3.14. The Balaban J connectivity index is 2.93. The van der Waals surface area contributed by atoms with Crippen LogP contribution < -0.4 is 10.9 Å². The Morgan fingerprint density at radius 3 is 2.50 bits per heavy atom. The van der Waals surface area contributed by atoms with E-state index in [1.54, 1.807) is 24.3 Å². The quantitative estimate of drug-likeness (QED) is 0.579. The minimum absolute atomic E-state index is 0.566. The highest BCUT2D eigenvalue weighted by molar-refractivity contribution is 5.74. The first-order valence-electron chi connectivity index (χ1n) is 4.62. The molecule has 0 saturated heterocycles. The van der Waals surface area contributed by atoms with Crippen LogP contribution >= 0.6 is 0 Å². The van der Waals surface area contributed by atoms with Crippen LogP contribution in [-0.2, 0) is 9.53 Å². The van der Waals surface area contributed by atoms with Crippen molar-refractivity contribution in [3.63, 3.8) is 0 Å². The fourth-order valence-corrected chi connectivity index (χ4v) is 1.31. The molecule has 0 heterocycles. The molecule has 0 fully saturated rings. The zero-order chi connectivity index (χ0) is 12.1. The minimum Gasteiger partial charge on any atom is -0.479 e. The molecule has 0 saturated carbocycles. The van der Waals surface area contributed by atoms with E-state index in [2.05, 4.69) is 6.58 Å². The molecular weight excluding hydrogens is 208 g/mol. The molecule has 0 amide bonds. The first kappa shape index (κ1) is 12.2. The van der Waals surface area contributed by atoms with Crippen LogP contribution in [0.5, 0.6) is 0 Å². The van der Waals surface area contributed by atoms with Crippen LogP contribution in [0.4, 0.5) is 5.69 Å². The average molecular weight is 222 g/mol. The van der Waals surface area contributed by atoms with Crippen molar-refractivity contribution in [1.29, 1.82) is 0 Å². The van der Waals surface area contributed by atoms with Gasteiger partial charge in [-0.25, -0.2) is 10.6 Å². The molecule has 1 rings (SSSR count). The predicted octanol–water partition coefficient (Wildman–Crippen LogP) is 1.28. The summed E-state index contributed by atoms with van der Waals surface area (Å²) >= 11 is 0. The maximum atomic E-state index is 10.8. The van der Waals surface area contributed by atoms with Crippen molar-refractivity contribution in [3.05, 3.63) is 42.6 Å². The zero-order valence-electron chi connectivity index (χ0n) is 8.96. The number of rotatable bonds is 5. The van der Waals surface area contributed by atoms with Crippen LogP contribution in [0.25, 0.3) is 0 Å². The Labute approximate surface area is 93.7 Å². The van der Waals surface area contributed by atoms with Gasteiger partial charge in [-0.3, -0.25) is 5.01 Å². The average Bonchev–Trinajstić information content (AvgIpc) is 2.29. The summed E-state index contributed by atoms with van der Waals surface area (Å²) in [5.41, 5.74) is 1.29. The number of carboxylic acid groups (broad SMARTS) is 1. The number of carboxylic acids is 1. The van der Waals surface area contributed by atoms with Gasteiger partial charge < -0.3 is 9.84 Å². The third kappa shape index (κ3) is 2.59. The molecule has 3 N–H and O–H groups in total. The van der Waals surface area contributed by atoms with E-state index in [9.17, 15) is 4.79 Å². The van der Waals surface area contributed by atoms with Crippen molar-refractivity contribution in [2.24, 2.45) is 5.84 Å². The Hall–Kier alpha value is -1.85. The van der Waals surface area contributed by atoms with Gasteiger partial charge in [-0.15, -0.1) is 0 Å². The SMILES string of the molecule is C=CN(N)c1ccc(C(OC)C(=O)O)cc1. The minimum atomic E-state index is -1.02. The van der Waals surface area contributed by atoms with Gasteiger partial charge in [0.05, 0.1) is 5.69 Å². The van der Waals surface area contributed by atoms with Gasteiger partial charge in [0.25, 0.3) is 0 Å². The Morgan fingerprint density at radius 2 is 2.12 bits per heavy atom. The van der Waals surface area contributed by atoms with Gasteiger partial charge >= 0.3 is 5.97 Å². The van der Waals surface area contributed by atoms with E-state index in [0.29, 0.717) is 5.56 Å². The van der Waals surface area contributed by atoms with Crippen molar-refractivity contribution in [3.8, 4) is 0 Å². The van der Waals surface area contributed by atoms with E-state index in [-0.39, 0.29) is 0 Å². The summed E-state index contributed by atoms with van der Waals surface area (Å²) < 4.78 is 4.86. The lowest BCUT2D eigenvalue weighted by Gasteiger charge is -2.15. The van der Waals surface area contributed by atoms with Crippen LogP contribution in [-0.4, -0.2) is 18.2 Å². The normalized spacial score (nSPS) is 11.9. The number of ether oxygens (including phenoxy) is 1. The third-order valence-corrected chi connectivity index (χ3v) is 2.15. The molecule has 1 atom stereocenters. The number of anilines is 1. The van der Waals surface area contributed by atoms with Crippen LogP contribution in [0.3, 0.4) is 0 Å². The summed E-state index contributed by atoms with van der Waals surface area (Å²) in [5.74, 6) is 4.56. The number of methoxy groups -OCH3 is 1. The van der Waals surface area contributed by atoms with Gasteiger partial charge in [-0.2, -0.15) is 0 Å². The highest BCUT2D eigenvalue weighted by atomic mass is 16.5. The molecule has 5 nitrogen and oxygen atoms in total. The molecule has 1 aromatic carbocycles. The maximum absolute atomic E-state index is 10.8. The molecule has 16 heavy (non-hydrogen) atoms. The van der Waals surface area contributed by atoms with Gasteiger partial charge in [0, 0.05) is 13.3 Å². The van der Waals surface area contributed by atoms with E-state index in [1.807, 2.05) is 0 Å². The van der Waals surface area contributed by atoms with Crippen LogP contribution in [0.2, 0.25) is 0 Å². The molecule has 0 aliphatic rings. The number of hydrogen-bond acceptors (Lipinski definition) is 4. The van der Waals surface area contributed by atoms with Crippen LogP contribution in [0.15, 0.2) is 37.0 Å². The monoisotopic (exact) mass is 222 g/mol. The smallest absolute Gasteiger partial charge is 0.337 e. The second-order valence-electron chi connectivity index (χ2n) is 3.14. The van der Waals surface area contributed by atoms with E-state index in [0.717, 1.165) is 5.69 Å². The summed E-state index contributed by atoms with van der Waals surface area (Å²) in [6.07, 6.45) is 0.504. The topological polar surface area (TPSA) is 75.8 Å². The lowest BCUT2D eigenvalue weighted by atomic mass is 10.1. The molecule has 1 unspecified atom stereocenters. The summed E-state index contributed by atoms with van der Waals surface area (Å²) in [4.78, 5) is 10.8. The fraction of sp³-hybridized carbons (Fsp3) is 0.182. The number of nitrogens with zero attached hydrogens (tertiary/aromatic N) is 1. The molecule has 0 spiro atoms. The Kier molecular flexibility index (Phi) is 4.04. The largest absolute Gasteiger partial charge is 0.479 e. The second kappa shape index (κ2) is 5.29. The van der Waals surface area contributed by atoms with Crippen molar-refractivity contribution in [2.75, 3.05) is 12.1 Å². The number of hydrazine groups is 1. The van der Waals surface area contributed by atoms with Gasteiger partial charge in [-0.1, -0.05) is 18.7 Å². The van der Waals surface area contributed by atoms with E-state index >= 15 is 0 Å². The maximum Gasteiger partial charge on any atom is 0.337 e. The summed E-state index contributed by atoms with van der Waals surface area (Å²) in [5, 5.41) is 10.2. The first-order chi connectivity index (χ1) is 7.60. The standard InChI is InChI=1S/C11H14N2O3/c1-3-13(12)9-6-4-8(5-7-9)10(16-2)11(14)15/h3-7,10H,1,12H2,2H3,(H,14,15). The Morgan fingerprint density at radius 1 is 1.56 bits per heavy atom. The van der Waals surface area contributed by atoms with E-state index in [1.165, 1.54) is 18.3 Å². The Bertz CT molecular complexity index is 375. The third-order valence-electron chi connectivity index (χ3n) is 2.15. The fourth-order valence-electron chi connectivity index (χ4n) is 1.31. The molecule has 5 heteroatoms. The molecule has 0 aliphatic carbocycles. The van der Waals surface area contributed by atoms with Crippen molar-refractivity contribution in [2.45, 2.75) is 6.10 Å². The van der Waals surface area contributed by atoms with Gasteiger partial charge in [0.1, 0.15) is 0 Å². The number of nitrogens with two attached hydrogens (primary N) is 1. The highest BCUT2D eigenvalue weighted by Gasteiger charge is 2.18. The summed E-state index contributed by atoms with van der Waals surface area (Å²) in [6, 6.07) is 6.71. The number of carbonyl (C=O) groups is 1. The molecule has 0 radical (unpaired) electrons. The van der Waals surface area contributed by atoms with Gasteiger partial charge in [0.15, 0.2) is 6.10 Å². The van der Waals surface area contributed by atoms with Crippen molar-refractivity contribution >= 4 is 11.7 Å². The zero-order valence-corrected chi connectivity index (χ0v) is 8.96. The van der Waals surface area contributed by atoms with E-state index < -0.39 is 12.1 Å². The lowest BCUT2D eigenvalue weighted by molar-refractivity contribution is -0.148. The molecule has 86 valence electrons. The lowest BCUT2D eigenvalue weighted by Crippen LogP contribution is -2.23. The molecule has 0 aromatic heterocycles. The van der Waals surface area contributed by atoms with Gasteiger partial charge in [-0.05, 0) is 17.7 Å². The summed E-state index contributed by atoms with van der Waals surface area (Å²) in [7, 11) is 1.35. The molecule has 0 aliphatic heterocycles. The summed E-state index contributed by atoms with van der Waals surface area (Å²) in [6.45, 7) is 3.52. The van der Waals surface area contributed by atoms with Crippen LogP contribution in [0.1, 0.15) is 11.7 Å². The molecule has 1 aromatic rings. The number of hydrogen-bond donors (Lipinski definition) is 2. The highest BCUT2D eigenvalue weighted by Crippen LogP contribution is 2.20. The van der Waals surface area contributed by atoms with Gasteiger partial charge in [0.2, 0.25) is 0 Å². The van der Waals surface area contributed by atoms with E-state index in [4.69, 9.17) is 15.7 Å². The number of benzene rings is 1. The molecule has 0 bridgehead atoms. The molecular formula is C11H14N2O3. The predicted molar refractivity (Wildman–Crippen MR) is 60.7 cm³/mol. The van der Waals surface area contributed by atoms with Crippen LogP contribution in [0, 0.1) is 0 Å². The van der Waals surface area contributed by atoms with Crippen molar-refractivity contribution in [1.82, 2.24) is 0 Å².